The minimum Gasteiger partial charge on any atom is -0.380 e. The van der Waals surface area contributed by atoms with Gasteiger partial charge in [0.05, 0.1) is 30.5 Å². The molecular formula is C14H19N3O2. The lowest BCUT2D eigenvalue weighted by Gasteiger charge is -2.32. The molecule has 19 heavy (non-hydrogen) atoms. The van der Waals surface area contributed by atoms with Crippen LogP contribution in [0.5, 0.6) is 0 Å². The van der Waals surface area contributed by atoms with E-state index in [4.69, 9.17) is 4.74 Å². The van der Waals surface area contributed by atoms with Crippen LogP contribution in [0.2, 0.25) is 0 Å². The number of rotatable bonds is 2. The Kier molecular flexibility index (Phi) is 3.48. The molecular weight excluding hydrogens is 242 g/mol. The van der Waals surface area contributed by atoms with Gasteiger partial charge < -0.3 is 15.4 Å². The van der Waals surface area contributed by atoms with Crippen molar-refractivity contribution in [3.05, 3.63) is 24.0 Å². The highest BCUT2D eigenvalue weighted by Gasteiger charge is 2.40. The average molecular weight is 261 g/mol. The Balaban J connectivity index is 1.71. The summed E-state index contributed by atoms with van der Waals surface area (Å²) in [4.78, 5) is 16.6. The van der Waals surface area contributed by atoms with E-state index in [-0.39, 0.29) is 11.8 Å². The number of nitrogens with zero attached hydrogens (tertiary/aromatic N) is 1. The molecule has 1 aromatic heterocycles. The number of fused-ring (bicyclic) bond motifs is 1. The van der Waals surface area contributed by atoms with Crippen LogP contribution in [0.1, 0.15) is 5.69 Å². The van der Waals surface area contributed by atoms with E-state index in [0.717, 1.165) is 31.1 Å². The van der Waals surface area contributed by atoms with Crippen LogP contribution in [-0.4, -0.2) is 37.2 Å². The van der Waals surface area contributed by atoms with Gasteiger partial charge in [0.2, 0.25) is 5.91 Å². The van der Waals surface area contributed by atoms with Crippen LogP contribution < -0.4 is 10.6 Å². The second kappa shape index (κ2) is 5.27. The fourth-order valence-corrected chi connectivity index (χ4v) is 2.99. The molecule has 1 aromatic rings. The molecule has 0 unspecified atom stereocenters. The molecule has 2 saturated heterocycles. The zero-order valence-electron chi connectivity index (χ0n) is 11.1. The maximum Gasteiger partial charge on any atom is 0.230 e. The lowest BCUT2D eigenvalue weighted by molar-refractivity contribution is -0.128. The molecule has 2 fully saturated rings. The number of ether oxygens (including phenoxy) is 1. The van der Waals surface area contributed by atoms with Crippen LogP contribution in [0, 0.1) is 24.7 Å². The fraction of sp³-hybridized carbons (Fsp3) is 0.571. The van der Waals surface area contributed by atoms with Gasteiger partial charge in [-0.2, -0.15) is 0 Å². The Bertz CT molecular complexity index is 478. The van der Waals surface area contributed by atoms with Crippen molar-refractivity contribution in [1.82, 2.24) is 10.3 Å². The number of amides is 1. The van der Waals surface area contributed by atoms with Crippen LogP contribution in [0.4, 0.5) is 5.69 Å². The third kappa shape index (κ3) is 2.48. The first kappa shape index (κ1) is 12.6. The van der Waals surface area contributed by atoms with E-state index in [0.29, 0.717) is 18.4 Å². The molecule has 2 N–H and O–H groups in total. The molecule has 0 radical (unpaired) electrons. The molecule has 0 aliphatic carbocycles. The number of aryl methyl sites for hydroxylation is 1. The van der Waals surface area contributed by atoms with Crippen LogP contribution in [-0.2, 0) is 9.53 Å². The summed E-state index contributed by atoms with van der Waals surface area (Å²) in [6.45, 7) is 5.06. The summed E-state index contributed by atoms with van der Waals surface area (Å²) < 4.78 is 5.57. The first-order valence-corrected chi connectivity index (χ1v) is 6.76. The summed E-state index contributed by atoms with van der Waals surface area (Å²) in [7, 11) is 0. The highest BCUT2D eigenvalue weighted by atomic mass is 16.5. The lowest BCUT2D eigenvalue weighted by atomic mass is 9.82. The number of aromatic nitrogens is 1. The zero-order chi connectivity index (χ0) is 13.2. The van der Waals surface area contributed by atoms with Crippen LogP contribution in [0.15, 0.2) is 18.3 Å². The smallest absolute Gasteiger partial charge is 0.230 e. The topological polar surface area (TPSA) is 63.2 Å². The van der Waals surface area contributed by atoms with Crippen molar-refractivity contribution in [3.63, 3.8) is 0 Å². The first-order valence-electron chi connectivity index (χ1n) is 6.76. The van der Waals surface area contributed by atoms with Crippen molar-refractivity contribution < 1.29 is 9.53 Å². The van der Waals surface area contributed by atoms with Gasteiger partial charge in [0.25, 0.3) is 0 Å². The van der Waals surface area contributed by atoms with Crippen molar-refractivity contribution in [2.24, 2.45) is 17.8 Å². The monoisotopic (exact) mass is 261 g/mol. The maximum atomic E-state index is 12.4. The molecule has 5 nitrogen and oxygen atoms in total. The van der Waals surface area contributed by atoms with Crippen molar-refractivity contribution in [2.45, 2.75) is 6.92 Å². The highest BCUT2D eigenvalue weighted by molar-refractivity contribution is 5.93. The van der Waals surface area contributed by atoms with Crippen molar-refractivity contribution in [1.29, 1.82) is 0 Å². The van der Waals surface area contributed by atoms with Gasteiger partial charge in [-0.3, -0.25) is 9.78 Å². The van der Waals surface area contributed by atoms with Crippen LogP contribution in [0.25, 0.3) is 0 Å². The average Bonchev–Trinajstić information content (AvgIpc) is 2.89. The number of anilines is 1. The maximum absolute atomic E-state index is 12.4. The van der Waals surface area contributed by atoms with Gasteiger partial charge in [-0.05, 0) is 37.4 Å². The largest absolute Gasteiger partial charge is 0.380 e. The van der Waals surface area contributed by atoms with Gasteiger partial charge in [-0.15, -0.1) is 0 Å². The molecule has 3 rings (SSSR count). The Hall–Kier alpha value is -1.46. The van der Waals surface area contributed by atoms with Crippen molar-refractivity contribution in [2.75, 3.05) is 31.6 Å². The third-order valence-electron chi connectivity index (χ3n) is 4.14. The van der Waals surface area contributed by atoms with Gasteiger partial charge >= 0.3 is 0 Å². The molecule has 5 heteroatoms. The molecule has 0 spiro atoms. The van der Waals surface area contributed by atoms with Crippen molar-refractivity contribution >= 4 is 11.6 Å². The Morgan fingerprint density at radius 1 is 1.47 bits per heavy atom. The summed E-state index contributed by atoms with van der Waals surface area (Å²) in [5, 5.41) is 6.34. The molecule has 1 amide bonds. The van der Waals surface area contributed by atoms with E-state index in [2.05, 4.69) is 15.6 Å². The predicted molar refractivity (Wildman–Crippen MR) is 71.8 cm³/mol. The molecule has 102 valence electrons. The van der Waals surface area contributed by atoms with E-state index < -0.39 is 0 Å². The summed E-state index contributed by atoms with van der Waals surface area (Å²) in [6.07, 6.45) is 1.73. The number of nitrogens with one attached hydrogen (secondary N) is 2. The SMILES string of the molecule is Cc1ncccc1NC(=O)[C@H]1COC[C@H]2CNC[C@H]21. The normalized spacial score (nSPS) is 29.8. The second-order valence-corrected chi connectivity index (χ2v) is 5.35. The van der Waals surface area contributed by atoms with Gasteiger partial charge in [-0.25, -0.2) is 0 Å². The molecule has 0 aromatic carbocycles. The number of carbonyl (C=O) groups excluding carboxylic acids is 1. The summed E-state index contributed by atoms with van der Waals surface area (Å²) in [5.74, 6) is 0.855. The van der Waals surface area contributed by atoms with Gasteiger partial charge in [0.15, 0.2) is 0 Å². The molecule has 0 bridgehead atoms. The molecule has 3 heterocycles. The molecule has 2 aliphatic heterocycles. The van der Waals surface area contributed by atoms with Crippen LogP contribution >= 0.6 is 0 Å². The van der Waals surface area contributed by atoms with Crippen LogP contribution in [0.3, 0.4) is 0 Å². The zero-order valence-corrected chi connectivity index (χ0v) is 11.1. The second-order valence-electron chi connectivity index (χ2n) is 5.35. The van der Waals surface area contributed by atoms with E-state index in [9.17, 15) is 4.79 Å². The minimum atomic E-state index is -0.0617. The Morgan fingerprint density at radius 3 is 3.21 bits per heavy atom. The Labute approximate surface area is 112 Å². The van der Waals surface area contributed by atoms with Gasteiger partial charge in [0.1, 0.15) is 0 Å². The van der Waals surface area contributed by atoms with E-state index in [1.807, 2.05) is 19.1 Å². The summed E-state index contributed by atoms with van der Waals surface area (Å²) in [5.41, 5.74) is 1.63. The number of pyridine rings is 1. The molecule has 3 atom stereocenters. The highest BCUT2D eigenvalue weighted by Crippen LogP contribution is 2.31. The number of carbonyl (C=O) groups is 1. The first-order chi connectivity index (χ1) is 9.25. The standard InChI is InChI=1S/C14H19N3O2/c1-9-13(3-2-4-16-9)17-14(18)12-8-19-7-10-5-15-6-11(10)12/h2-4,10-12,15H,5-8H2,1H3,(H,17,18)/t10-,11-,12+/m1/s1. The summed E-state index contributed by atoms with van der Waals surface area (Å²) in [6, 6.07) is 3.72. The fourth-order valence-electron chi connectivity index (χ4n) is 2.99. The lowest BCUT2D eigenvalue weighted by Crippen LogP contribution is -2.42. The molecule has 2 aliphatic rings. The van der Waals surface area contributed by atoms with Gasteiger partial charge in [-0.1, -0.05) is 0 Å². The molecule has 0 saturated carbocycles. The third-order valence-corrected chi connectivity index (χ3v) is 4.14. The predicted octanol–water partition coefficient (Wildman–Crippen LogP) is 0.811. The number of hydrogen-bond donors (Lipinski definition) is 2. The number of hydrogen-bond acceptors (Lipinski definition) is 4. The van der Waals surface area contributed by atoms with E-state index in [1.165, 1.54) is 0 Å². The minimum absolute atomic E-state index is 0.0505. The van der Waals surface area contributed by atoms with Gasteiger partial charge in [0, 0.05) is 12.7 Å². The Morgan fingerprint density at radius 2 is 2.37 bits per heavy atom. The summed E-state index contributed by atoms with van der Waals surface area (Å²) >= 11 is 0. The van der Waals surface area contributed by atoms with E-state index >= 15 is 0 Å². The van der Waals surface area contributed by atoms with Crippen molar-refractivity contribution in [3.8, 4) is 0 Å². The van der Waals surface area contributed by atoms with E-state index in [1.54, 1.807) is 6.20 Å². The quantitative estimate of drug-likeness (QED) is 0.827.